The molecular formula is C17H21Cl2N3O3. The van der Waals surface area contributed by atoms with Gasteiger partial charge in [-0.15, -0.1) is 0 Å². The standard InChI is InChI=1S/C17H21Cl2N3O3/c18-12-3-1-4-13(16(12)19)20-15(23)11-21-6-8-22(9-7-21)17(24)14-5-2-10-25-14/h1,3-4,14H,2,5-11H2,(H,20,23)/t14-/m1/s1. The van der Waals surface area contributed by atoms with Crippen molar-refractivity contribution >= 4 is 40.7 Å². The molecule has 0 spiro atoms. The molecular weight excluding hydrogens is 365 g/mol. The average Bonchev–Trinajstić information content (AvgIpc) is 3.13. The number of hydrogen-bond donors (Lipinski definition) is 1. The monoisotopic (exact) mass is 385 g/mol. The van der Waals surface area contributed by atoms with Gasteiger partial charge in [0, 0.05) is 32.8 Å². The van der Waals surface area contributed by atoms with Gasteiger partial charge in [-0.05, 0) is 25.0 Å². The molecule has 2 heterocycles. The molecule has 0 saturated carbocycles. The van der Waals surface area contributed by atoms with Gasteiger partial charge in [-0.3, -0.25) is 14.5 Å². The number of hydrogen-bond acceptors (Lipinski definition) is 4. The summed E-state index contributed by atoms with van der Waals surface area (Å²) < 4.78 is 5.45. The van der Waals surface area contributed by atoms with Gasteiger partial charge in [-0.1, -0.05) is 29.3 Å². The molecule has 2 aliphatic heterocycles. The zero-order valence-corrected chi connectivity index (χ0v) is 15.4. The zero-order valence-electron chi connectivity index (χ0n) is 13.8. The predicted octanol–water partition coefficient (Wildman–Crippen LogP) is 2.26. The molecule has 0 radical (unpaired) electrons. The van der Waals surface area contributed by atoms with Gasteiger partial charge in [-0.25, -0.2) is 0 Å². The minimum Gasteiger partial charge on any atom is -0.368 e. The highest BCUT2D eigenvalue weighted by atomic mass is 35.5. The van der Waals surface area contributed by atoms with Crippen molar-refractivity contribution in [1.29, 1.82) is 0 Å². The first kappa shape index (κ1) is 18.5. The normalized spacial score (nSPS) is 21.4. The summed E-state index contributed by atoms with van der Waals surface area (Å²) in [5.41, 5.74) is 0.506. The molecule has 2 aliphatic rings. The van der Waals surface area contributed by atoms with E-state index in [0.717, 1.165) is 12.8 Å². The summed E-state index contributed by atoms with van der Waals surface area (Å²) in [6.07, 6.45) is 1.48. The highest BCUT2D eigenvalue weighted by Gasteiger charge is 2.30. The fourth-order valence-electron chi connectivity index (χ4n) is 3.10. The summed E-state index contributed by atoms with van der Waals surface area (Å²) in [7, 11) is 0. The van der Waals surface area contributed by atoms with Crippen LogP contribution < -0.4 is 5.32 Å². The van der Waals surface area contributed by atoms with E-state index in [1.165, 1.54) is 0 Å². The molecule has 6 nitrogen and oxygen atoms in total. The number of ether oxygens (including phenoxy) is 1. The predicted molar refractivity (Wildman–Crippen MR) is 97.1 cm³/mol. The molecule has 136 valence electrons. The first-order valence-corrected chi connectivity index (χ1v) is 9.17. The van der Waals surface area contributed by atoms with Crippen LogP contribution in [-0.2, 0) is 14.3 Å². The van der Waals surface area contributed by atoms with Gasteiger partial charge in [0.25, 0.3) is 5.91 Å². The average molecular weight is 386 g/mol. The first-order valence-electron chi connectivity index (χ1n) is 8.41. The minimum absolute atomic E-state index is 0.0762. The summed E-state index contributed by atoms with van der Waals surface area (Å²) in [5.74, 6) is -0.0737. The Kier molecular flexibility index (Phi) is 6.17. The molecule has 1 N–H and O–H groups in total. The molecule has 0 aliphatic carbocycles. The van der Waals surface area contributed by atoms with E-state index in [0.29, 0.717) is 48.5 Å². The van der Waals surface area contributed by atoms with Crippen molar-refractivity contribution < 1.29 is 14.3 Å². The molecule has 1 atom stereocenters. The largest absolute Gasteiger partial charge is 0.368 e. The van der Waals surface area contributed by atoms with Crippen LogP contribution >= 0.6 is 23.2 Å². The Labute approximate surface area is 157 Å². The van der Waals surface area contributed by atoms with Crippen molar-refractivity contribution in [3.05, 3.63) is 28.2 Å². The van der Waals surface area contributed by atoms with Gasteiger partial charge >= 0.3 is 0 Å². The van der Waals surface area contributed by atoms with E-state index in [2.05, 4.69) is 5.32 Å². The SMILES string of the molecule is O=C(CN1CCN(C(=O)[C@H]2CCCO2)CC1)Nc1cccc(Cl)c1Cl. The lowest BCUT2D eigenvalue weighted by atomic mass is 10.2. The molecule has 3 rings (SSSR count). The second kappa shape index (κ2) is 8.36. The summed E-state index contributed by atoms with van der Waals surface area (Å²) in [6.45, 7) is 3.48. The molecule has 2 amide bonds. The number of amides is 2. The van der Waals surface area contributed by atoms with Crippen molar-refractivity contribution in [2.75, 3.05) is 44.6 Å². The lowest BCUT2D eigenvalue weighted by Crippen LogP contribution is -2.52. The second-order valence-electron chi connectivity index (χ2n) is 6.25. The van der Waals surface area contributed by atoms with Crippen LogP contribution in [0.1, 0.15) is 12.8 Å². The fraction of sp³-hybridized carbons (Fsp3) is 0.529. The van der Waals surface area contributed by atoms with Crippen molar-refractivity contribution in [2.45, 2.75) is 18.9 Å². The summed E-state index contributed by atoms with van der Waals surface area (Å²) in [6, 6.07) is 5.12. The maximum Gasteiger partial charge on any atom is 0.251 e. The fourth-order valence-corrected chi connectivity index (χ4v) is 3.44. The zero-order chi connectivity index (χ0) is 17.8. The number of piperazine rings is 1. The van der Waals surface area contributed by atoms with Gasteiger partial charge < -0.3 is 15.0 Å². The number of nitrogens with zero attached hydrogens (tertiary/aromatic N) is 2. The molecule has 2 saturated heterocycles. The quantitative estimate of drug-likeness (QED) is 0.863. The lowest BCUT2D eigenvalue weighted by molar-refractivity contribution is -0.142. The Bertz CT molecular complexity index is 642. The van der Waals surface area contributed by atoms with E-state index in [4.69, 9.17) is 27.9 Å². The van der Waals surface area contributed by atoms with E-state index >= 15 is 0 Å². The van der Waals surface area contributed by atoms with Crippen molar-refractivity contribution in [1.82, 2.24) is 9.80 Å². The second-order valence-corrected chi connectivity index (χ2v) is 7.04. The van der Waals surface area contributed by atoms with Gasteiger partial charge in [-0.2, -0.15) is 0 Å². The number of anilines is 1. The van der Waals surface area contributed by atoms with Crippen LogP contribution in [0.2, 0.25) is 10.0 Å². The van der Waals surface area contributed by atoms with E-state index in [9.17, 15) is 9.59 Å². The number of nitrogens with one attached hydrogen (secondary N) is 1. The number of carbonyl (C=O) groups is 2. The summed E-state index contributed by atoms with van der Waals surface area (Å²) >= 11 is 12.0. The van der Waals surface area contributed by atoms with Crippen molar-refractivity contribution in [3.63, 3.8) is 0 Å². The third-order valence-electron chi connectivity index (χ3n) is 4.48. The smallest absolute Gasteiger partial charge is 0.251 e. The molecule has 1 aromatic rings. The van der Waals surface area contributed by atoms with E-state index in [1.54, 1.807) is 18.2 Å². The van der Waals surface area contributed by atoms with Gasteiger partial charge in [0.2, 0.25) is 5.91 Å². The third kappa shape index (κ3) is 4.64. The Morgan fingerprint density at radius 2 is 1.96 bits per heavy atom. The van der Waals surface area contributed by atoms with Crippen LogP contribution in [0.3, 0.4) is 0 Å². The maximum atomic E-state index is 12.3. The lowest BCUT2D eigenvalue weighted by Gasteiger charge is -2.35. The van der Waals surface area contributed by atoms with Crippen LogP contribution in [0.15, 0.2) is 18.2 Å². The highest BCUT2D eigenvalue weighted by Crippen LogP contribution is 2.29. The molecule has 0 unspecified atom stereocenters. The molecule has 0 bridgehead atoms. The van der Waals surface area contributed by atoms with E-state index in [-0.39, 0.29) is 24.5 Å². The van der Waals surface area contributed by atoms with Crippen LogP contribution in [0, 0.1) is 0 Å². The van der Waals surface area contributed by atoms with Crippen molar-refractivity contribution in [3.8, 4) is 0 Å². The third-order valence-corrected chi connectivity index (χ3v) is 5.30. The molecule has 1 aromatic carbocycles. The van der Waals surface area contributed by atoms with Crippen LogP contribution in [0.5, 0.6) is 0 Å². The van der Waals surface area contributed by atoms with E-state index in [1.807, 2.05) is 9.80 Å². The van der Waals surface area contributed by atoms with Crippen LogP contribution in [0.25, 0.3) is 0 Å². The van der Waals surface area contributed by atoms with Gasteiger partial charge in [0.1, 0.15) is 6.10 Å². The molecule has 25 heavy (non-hydrogen) atoms. The first-order chi connectivity index (χ1) is 12.0. The van der Waals surface area contributed by atoms with Crippen molar-refractivity contribution in [2.24, 2.45) is 0 Å². The van der Waals surface area contributed by atoms with Gasteiger partial charge in [0.15, 0.2) is 0 Å². The number of rotatable bonds is 4. The van der Waals surface area contributed by atoms with Crippen LogP contribution in [0.4, 0.5) is 5.69 Å². The highest BCUT2D eigenvalue weighted by molar-refractivity contribution is 6.44. The van der Waals surface area contributed by atoms with E-state index < -0.39 is 0 Å². The Hall–Kier alpha value is -1.34. The van der Waals surface area contributed by atoms with Crippen LogP contribution in [-0.4, -0.2) is 67.0 Å². The molecule has 2 fully saturated rings. The molecule has 0 aromatic heterocycles. The number of benzene rings is 1. The Morgan fingerprint density at radius 3 is 2.64 bits per heavy atom. The van der Waals surface area contributed by atoms with Gasteiger partial charge in [0.05, 0.1) is 22.3 Å². The minimum atomic E-state index is -0.278. The number of carbonyl (C=O) groups excluding carboxylic acids is 2. The Morgan fingerprint density at radius 1 is 1.20 bits per heavy atom. The summed E-state index contributed by atoms with van der Waals surface area (Å²) in [4.78, 5) is 28.4. The number of halogens is 2. The topological polar surface area (TPSA) is 61.9 Å². The maximum absolute atomic E-state index is 12.3. The molecule has 8 heteroatoms. The summed E-state index contributed by atoms with van der Waals surface area (Å²) in [5, 5.41) is 3.52. The Balaban J connectivity index is 1.46.